The predicted molar refractivity (Wildman–Crippen MR) is 70.7 cm³/mol. The highest BCUT2D eigenvalue weighted by atomic mass is 16.5. The number of aryl methyl sites for hydroxylation is 1. The first kappa shape index (κ1) is 12.7. The minimum atomic E-state index is 0.0719. The SMILES string of the molecule is Cc1ccc([C@H](C)NCc2nc(-c3ccco3)no2)o1. The topological polar surface area (TPSA) is 77.2 Å². The van der Waals surface area contributed by atoms with Crippen molar-refractivity contribution in [1.29, 1.82) is 0 Å². The normalized spacial score (nSPS) is 12.7. The van der Waals surface area contributed by atoms with E-state index in [9.17, 15) is 0 Å². The van der Waals surface area contributed by atoms with Gasteiger partial charge in [0.2, 0.25) is 11.7 Å². The molecule has 6 heteroatoms. The molecule has 20 heavy (non-hydrogen) atoms. The molecule has 3 rings (SSSR count). The largest absolute Gasteiger partial charge is 0.465 e. The second-order valence-corrected chi connectivity index (χ2v) is 4.54. The molecular weight excluding hydrogens is 258 g/mol. The Balaban J connectivity index is 1.61. The van der Waals surface area contributed by atoms with Crippen LogP contribution in [0.15, 0.2) is 43.9 Å². The average Bonchev–Trinajstić information content (AvgIpc) is 3.16. The van der Waals surface area contributed by atoms with E-state index in [1.807, 2.05) is 26.0 Å². The summed E-state index contributed by atoms with van der Waals surface area (Å²) in [6.07, 6.45) is 1.57. The maximum atomic E-state index is 5.55. The van der Waals surface area contributed by atoms with Gasteiger partial charge in [0.05, 0.1) is 18.8 Å². The monoisotopic (exact) mass is 273 g/mol. The van der Waals surface area contributed by atoms with E-state index in [1.54, 1.807) is 18.4 Å². The minimum absolute atomic E-state index is 0.0719. The lowest BCUT2D eigenvalue weighted by atomic mass is 10.2. The highest BCUT2D eigenvalue weighted by Gasteiger charge is 2.13. The summed E-state index contributed by atoms with van der Waals surface area (Å²) >= 11 is 0. The molecule has 6 nitrogen and oxygen atoms in total. The van der Waals surface area contributed by atoms with E-state index in [2.05, 4.69) is 15.5 Å². The average molecular weight is 273 g/mol. The zero-order valence-electron chi connectivity index (χ0n) is 11.3. The van der Waals surface area contributed by atoms with Gasteiger partial charge < -0.3 is 13.4 Å². The predicted octanol–water partition coefficient (Wildman–Crippen LogP) is 3.08. The molecule has 0 aromatic carbocycles. The Kier molecular flexibility index (Phi) is 3.39. The van der Waals surface area contributed by atoms with Gasteiger partial charge in [-0.25, -0.2) is 0 Å². The molecule has 0 aliphatic heterocycles. The molecule has 1 atom stereocenters. The van der Waals surface area contributed by atoms with Crippen molar-refractivity contribution in [3.63, 3.8) is 0 Å². The zero-order valence-corrected chi connectivity index (χ0v) is 11.3. The molecule has 0 spiro atoms. The Morgan fingerprint density at radius 3 is 2.90 bits per heavy atom. The van der Waals surface area contributed by atoms with Gasteiger partial charge in [-0.05, 0) is 38.1 Å². The minimum Gasteiger partial charge on any atom is -0.465 e. The van der Waals surface area contributed by atoms with Crippen LogP contribution < -0.4 is 5.32 Å². The summed E-state index contributed by atoms with van der Waals surface area (Å²) in [5.74, 6) is 3.33. The summed E-state index contributed by atoms with van der Waals surface area (Å²) in [5, 5.41) is 7.14. The summed E-state index contributed by atoms with van der Waals surface area (Å²) in [7, 11) is 0. The Morgan fingerprint density at radius 2 is 2.20 bits per heavy atom. The lowest BCUT2D eigenvalue weighted by molar-refractivity contribution is 0.348. The molecule has 3 heterocycles. The fourth-order valence-corrected chi connectivity index (χ4v) is 1.86. The molecule has 0 aliphatic rings. The van der Waals surface area contributed by atoms with Crippen LogP contribution in [0.3, 0.4) is 0 Å². The van der Waals surface area contributed by atoms with Crippen molar-refractivity contribution in [2.75, 3.05) is 0 Å². The lowest BCUT2D eigenvalue weighted by Gasteiger charge is -2.08. The maximum absolute atomic E-state index is 5.55. The lowest BCUT2D eigenvalue weighted by Crippen LogP contribution is -2.17. The van der Waals surface area contributed by atoms with Crippen LogP contribution in [0.2, 0.25) is 0 Å². The number of aromatic nitrogens is 2. The van der Waals surface area contributed by atoms with E-state index < -0.39 is 0 Å². The molecule has 1 N–H and O–H groups in total. The van der Waals surface area contributed by atoms with Gasteiger partial charge >= 0.3 is 0 Å². The van der Waals surface area contributed by atoms with Crippen LogP contribution in [0.5, 0.6) is 0 Å². The highest BCUT2D eigenvalue weighted by Crippen LogP contribution is 2.18. The summed E-state index contributed by atoms with van der Waals surface area (Å²) < 4.78 is 15.9. The van der Waals surface area contributed by atoms with E-state index in [-0.39, 0.29) is 6.04 Å². The number of hydrogen-bond acceptors (Lipinski definition) is 6. The number of furan rings is 2. The number of rotatable bonds is 5. The molecule has 3 aromatic heterocycles. The zero-order chi connectivity index (χ0) is 13.9. The first-order valence-electron chi connectivity index (χ1n) is 6.38. The van der Waals surface area contributed by atoms with Gasteiger partial charge in [-0.15, -0.1) is 0 Å². The molecule has 0 radical (unpaired) electrons. The quantitative estimate of drug-likeness (QED) is 0.769. The fourth-order valence-electron chi connectivity index (χ4n) is 1.86. The first-order valence-corrected chi connectivity index (χ1v) is 6.38. The van der Waals surface area contributed by atoms with Crippen LogP contribution >= 0.6 is 0 Å². The van der Waals surface area contributed by atoms with Crippen LogP contribution in [-0.4, -0.2) is 10.1 Å². The van der Waals surface area contributed by atoms with Gasteiger partial charge in [0.25, 0.3) is 0 Å². The molecule has 0 fully saturated rings. The first-order chi connectivity index (χ1) is 9.72. The van der Waals surface area contributed by atoms with Crippen molar-refractivity contribution in [1.82, 2.24) is 15.5 Å². The second kappa shape index (κ2) is 5.34. The van der Waals surface area contributed by atoms with Crippen molar-refractivity contribution < 1.29 is 13.4 Å². The number of hydrogen-bond donors (Lipinski definition) is 1. The molecule has 0 unspecified atom stereocenters. The van der Waals surface area contributed by atoms with Gasteiger partial charge in [-0.2, -0.15) is 4.98 Å². The van der Waals surface area contributed by atoms with E-state index in [0.29, 0.717) is 24.0 Å². The maximum Gasteiger partial charge on any atom is 0.241 e. The second-order valence-electron chi connectivity index (χ2n) is 4.54. The standard InChI is InChI=1S/C14H15N3O3/c1-9-5-6-11(19-9)10(2)15-8-13-16-14(17-20-13)12-4-3-7-18-12/h3-7,10,15H,8H2,1-2H3/t10-/m0/s1. The van der Waals surface area contributed by atoms with Gasteiger partial charge in [0.1, 0.15) is 11.5 Å². The van der Waals surface area contributed by atoms with E-state index in [4.69, 9.17) is 13.4 Å². The van der Waals surface area contributed by atoms with E-state index >= 15 is 0 Å². The molecule has 0 aliphatic carbocycles. The Bertz CT molecular complexity index is 669. The van der Waals surface area contributed by atoms with Gasteiger partial charge in [0, 0.05) is 0 Å². The Morgan fingerprint density at radius 1 is 1.30 bits per heavy atom. The molecule has 0 saturated carbocycles. The van der Waals surface area contributed by atoms with Crippen molar-refractivity contribution in [2.45, 2.75) is 26.4 Å². The Hall–Kier alpha value is -2.34. The van der Waals surface area contributed by atoms with Gasteiger partial charge in [-0.3, -0.25) is 5.32 Å². The molecular formula is C14H15N3O3. The highest BCUT2D eigenvalue weighted by molar-refractivity contribution is 5.44. The summed E-state index contributed by atoms with van der Waals surface area (Å²) in [6.45, 7) is 4.40. The van der Waals surface area contributed by atoms with E-state index in [0.717, 1.165) is 11.5 Å². The van der Waals surface area contributed by atoms with Crippen LogP contribution in [0.25, 0.3) is 11.6 Å². The van der Waals surface area contributed by atoms with Crippen molar-refractivity contribution in [3.05, 3.63) is 47.9 Å². The number of nitrogens with zero attached hydrogens (tertiary/aromatic N) is 2. The van der Waals surface area contributed by atoms with Crippen LogP contribution in [0.4, 0.5) is 0 Å². The summed E-state index contributed by atoms with van der Waals surface area (Å²) in [6, 6.07) is 7.54. The van der Waals surface area contributed by atoms with Crippen LogP contribution in [0, 0.1) is 6.92 Å². The summed E-state index contributed by atoms with van der Waals surface area (Å²) in [5.41, 5.74) is 0. The van der Waals surface area contributed by atoms with Gasteiger partial charge in [-0.1, -0.05) is 5.16 Å². The molecule has 0 bridgehead atoms. The van der Waals surface area contributed by atoms with Crippen LogP contribution in [0.1, 0.15) is 30.4 Å². The Labute approximate surface area is 115 Å². The molecule has 3 aromatic rings. The fraction of sp³-hybridized carbons (Fsp3) is 0.286. The van der Waals surface area contributed by atoms with Crippen molar-refractivity contribution in [2.24, 2.45) is 0 Å². The van der Waals surface area contributed by atoms with Crippen LogP contribution in [-0.2, 0) is 6.54 Å². The van der Waals surface area contributed by atoms with Crippen molar-refractivity contribution in [3.8, 4) is 11.6 Å². The van der Waals surface area contributed by atoms with Crippen molar-refractivity contribution >= 4 is 0 Å². The molecule has 0 amide bonds. The third kappa shape index (κ3) is 2.65. The molecule has 104 valence electrons. The number of nitrogens with one attached hydrogen (secondary N) is 1. The smallest absolute Gasteiger partial charge is 0.241 e. The third-order valence-corrected chi connectivity index (χ3v) is 2.96. The van der Waals surface area contributed by atoms with Gasteiger partial charge in [0.15, 0.2) is 5.76 Å². The van der Waals surface area contributed by atoms with E-state index in [1.165, 1.54) is 0 Å². The molecule has 0 saturated heterocycles. The third-order valence-electron chi connectivity index (χ3n) is 2.96. The summed E-state index contributed by atoms with van der Waals surface area (Å²) in [4.78, 5) is 4.26.